The van der Waals surface area contributed by atoms with Crippen molar-refractivity contribution in [2.75, 3.05) is 19.4 Å². The Balaban J connectivity index is 2.84. The predicted octanol–water partition coefficient (Wildman–Crippen LogP) is -0.848. The minimum Gasteiger partial charge on any atom is -0.469 e. The molecule has 1 aromatic rings. The molecule has 0 aliphatic carbocycles. The van der Waals surface area contributed by atoms with Crippen molar-refractivity contribution >= 4 is 21.8 Å². The van der Waals surface area contributed by atoms with Crippen LogP contribution in [0.15, 0.2) is 4.90 Å². The molecule has 0 amide bonds. The summed E-state index contributed by atoms with van der Waals surface area (Å²) in [4.78, 5) is 10.8. The van der Waals surface area contributed by atoms with E-state index >= 15 is 0 Å². The monoisotopic (exact) mass is 276 g/mol. The number of nitrogens with one attached hydrogen (secondary N) is 1. The van der Waals surface area contributed by atoms with E-state index in [-0.39, 0.29) is 23.7 Å². The second-order valence-electron chi connectivity index (χ2n) is 3.65. The highest BCUT2D eigenvalue weighted by Gasteiger charge is 2.24. The van der Waals surface area contributed by atoms with Crippen molar-refractivity contribution in [1.29, 1.82) is 0 Å². The number of esters is 1. The maximum atomic E-state index is 12.0. The molecule has 0 aliphatic rings. The molecule has 18 heavy (non-hydrogen) atoms. The quantitative estimate of drug-likeness (QED) is 0.677. The van der Waals surface area contributed by atoms with Gasteiger partial charge in [0, 0.05) is 13.6 Å². The summed E-state index contributed by atoms with van der Waals surface area (Å²) in [5, 5.41) is 3.82. The first kappa shape index (κ1) is 14.5. The van der Waals surface area contributed by atoms with Crippen LogP contribution >= 0.6 is 0 Å². The Hall–Kier alpha value is -1.61. The number of hydrogen-bond acceptors (Lipinski definition) is 6. The average Bonchev–Trinajstić information content (AvgIpc) is 2.52. The van der Waals surface area contributed by atoms with E-state index in [1.165, 1.54) is 11.8 Å². The largest absolute Gasteiger partial charge is 0.469 e. The third-order valence-electron chi connectivity index (χ3n) is 2.42. The van der Waals surface area contributed by atoms with Crippen LogP contribution in [0.4, 0.5) is 5.82 Å². The normalized spacial score (nSPS) is 11.5. The number of anilines is 1. The Morgan fingerprint density at radius 3 is 2.61 bits per heavy atom. The number of rotatable bonds is 5. The van der Waals surface area contributed by atoms with E-state index < -0.39 is 16.0 Å². The number of carbonyl (C=O) groups is 1. The molecule has 0 saturated carbocycles. The molecule has 0 saturated heterocycles. The van der Waals surface area contributed by atoms with Crippen LogP contribution in [-0.2, 0) is 26.6 Å². The lowest BCUT2D eigenvalue weighted by Gasteiger charge is -2.06. The molecule has 0 aliphatic heterocycles. The van der Waals surface area contributed by atoms with E-state index in [0.29, 0.717) is 5.69 Å². The molecular formula is C9H16N4O4S. The number of nitrogen functional groups attached to an aromatic ring is 1. The summed E-state index contributed by atoms with van der Waals surface area (Å²) >= 11 is 0. The first-order chi connectivity index (χ1) is 8.29. The Morgan fingerprint density at radius 2 is 2.17 bits per heavy atom. The van der Waals surface area contributed by atoms with E-state index in [0.717, 1.165) is 0 Å². The van der Waals surface area contributed by atoms with Crippen molar-refractivity contribution in [3.8, 4) is 0 Å². The van der Waals surface area contributed by atoms with Gasteiger partial charge in [0.1, 0.15) is 4.90 Å². The van der Waals surface area contributed by atoms with Crippen LogP contribution < -0.4 is 10.5 Å². The van der Waals surface area contributed by atoms with Crippen LogP contribution in [0.3, 0.4) is 0 Å². The lowest BCUT2D eigenvalue weighted by Crippen LogP contribution is -2.27. The molecule has 0 fully saturated rings. The summed E-state index contributed by atoms with van der Waals surface area (Å²) < 4.78 is 32.0. The summed E-state index contributed by atoms with van der Waals surface area (Å²) in [5.74, 6) is -0.561. The van der Waals surface area contributed by atoms with Gasteiger partial charge in [-0.25, -0.2) is 13.1 Å². The van der Waals surface area contributed by atoms with E-state index in [1.807, 2.05) is 0 Å². The standard InChI is InChI=1S/C9H16N4O4S/c1-6-8(9(10)12-13(6)2)18(15,16)11-5-4-7(14)17-3/h11H,4-5H2,1-3H3,(H2,10,12). The minimum absolute atomic E-state index is 0.0467. The van der Waals surface area contributed by atoms with Gasteiger partial charge in [0.25, 0.3) is 0 Å². The number of aryl methyl sites for hydroxylation is 1. The first-order valence-corrected chi connectivity index (χ1v) is 6.63. The number of nitrogens with two attached hydrogens (primary N) is 1. The van der Waals surface area contributed by atoms with Crippen molar-refractivity contribution in [1.82, 2.24) is 14.5 Å². The second kappa shape index (κ2) is 5.36. The number of sulfonamides is 1. The molecule has 8 nitrogen and oxygen atoms in total. The maximum absolute atomic E-state index is 12.0. The highest BCUT2D eigenvalue weighted by atomic mass is 32.2. The van der Waals surface area contributed by atoms with Crippen molar-refractivity contribution in [3.63, 3.8) is 0 Å². The molecule has 0 unspecified atom stereocenters. The van der Waals surface area contributed by atoms with Crippen molar-refractivity contribution in [3.05, 3.63) is 5.69 Å². The lowest BCUT2D eigenvalue weighted by molar-refractivity contribution is -0.140. The van der Waals surface area contributed by atoms with Gasteiger partial charge in [0.2, 0.25) is 10.0 Å². The van der Waals surface area contributed by atoms with Gasteiger partial charge in [-0.05, 0) is 6.92 Å². The highest BCUT2D eigenvalue weighted by molar-refractivity contribution is 7.89. The van der Waals surface area contributed by atoms with Crippen LogP contribution in [0.2, 0.25) is 0 Å². The van der Waals surface area contributed by atoms with Gasteiger partial charge < -0.3 is 10.5 Å². The number of carbonyl (C=O) groups excluding carboxylic acids is 1. The Morgan fingerprint density at radius 1 is 1.56 bits per heavy atom. The summed E-state index contributed by atoms with van der Waals surface area (Å²) in [6.45, 7) is 1.54. The fourth-order valence-electron chi connectivity index (χ4n) is 1.41. The third-order valence-corrected chi connectivity index (χ3v) is 4.05. The molecule has 102 valence electrons. The molecule has 3 N–H and O–H groups in total. The molecule has 1 rings (SSSR count). The third kappa shape index (κ3) is 2.99. The second-order valence-corrected chi connectivity index (χ2v) is 5.35. The number of hydrogen-bond donors (Lipinski definition) is 2. The van der Waals surface area contributed by atoms with Crippen LogP contribution in [0.5, 0.6) is 0 Å². The number of ether oxygens (including phenoxy) is 1. The number of nitrogens with zero attached hydrogens (tertiary/aromatic N) is 2. The Kier molecular flexibility index (Phi) is 4.30. The molecule has 9 heteroatoms. The van der Waals surface area contributed by atoms with Crippen LogP contribution in [0.25, 0.3) is 0 Å². The van der Waals surface area contributed by atoms with Gasteiger partial charge in [-0.2, -0.15) is 5.10 Å². The molecule has 0 aromatic carbocycles. The fourth-order valence-corrected chi connectivity index (χ4v) is 2.76. The fraction of sp³-hybridized carbons (Fsp3) is 0.556. The molecule has 0 spiro atoms. The van der Waals surface area contributed by atoms with Gasteiger partial charge >= 0.3 is 5.97 Å². The van der Waals surface area contributed by atoms with Gasteiger partial charge in [0.05, 0.1) is 19.2 Å². The average molecular weight is 276 g/mol. The SMILES string of the molecule is COC(=O)CCNS(=O)(=O)c1c(N)nn(C)c1C. The Labute approximate surface area is 105 Å². The maximum Gasteiger partial charge on any atom is 0.306 e. The van der Waals surface area contributed by atoms with E-state index in [1.54, 1.807) is 14.0 Å². The number of methoxy groups -OCH3 is 1. The van der Waals surface area contributed by atoms with Gasteiger partial charge in [0.15, 0.2) is 5.82 Å². The predicted molar refractivity (Wildman–Crippen MR) is 64.2 cm³/mol. The summed E-state index contributed by atoms with van der Waals surface area (Å²) in [6.07, 6.45) is -0.0467. The summed E-state index contributed by atoms with van der Waals surface area (Å²) in [7, 11) is -0.938. The molecule has 1 heterocycles. The van der Waals surface area contributed by atoms with Crippen LogP contribution in [0.1, 0.15) is 12.1 Å². The zero-order valence-corrected chi connectivity index (χ0v) is 11.2. The van der Waals surface area contributed by atoms with E-state index in [9.17, 15) is 13.2 Å². The molecule has 0 bridgehead atoms. The van der Waals surface area contributed by atoms with Gasteiger partial charge in [-0.15, -0.1) is 0 Å². The van der Waals surface area contributed by atoms with Crippen LogP contribution in [0, 0.1) is 6.92 Å². The smallest absolute Gasteiger partial charge is 0.306 e. The zero-order valence-electron chi connectivity index (χ0n) is 10.4. The van der Waals surface area contributed by atoms with Crippen molar-refractivity contribution in [2.45, 2.75) is 18.2 Å². The number of aromatic nitrogens is 2. The summed E-state index contributed by atoms with van der Waals surface area (Å²) in [6, 6.07) is 0. The lowest BCUT2D eigenvalue weighted by atomic mass is 10.4. The van der Waals surface area contributed by atoms with Crippen molar-refractivity contribution < 1.29 is 17.9 Å². The first-order valence-electron chi connectivity index (χ1n) is 5.15. The van der Waals surface area contributed by atoms with E-state index in [4.69, 9.17) is 5.73 Å². The van der Waals surface area contributed by atoms with Gasteiger partial charge in [-0.1, -0.05) is 0 Å². The van der Waals surface area contributed by atoms with E-state index in [2.05, 4.69) is 14.6 Å². The molecule has 0 radical (unpaired) electrons. The zero-order chi connectivity index (χ0) is 13.9. The Bertz CT molecular complexity index is 549. The molecular weight excluding hydrogens is 260 g/mol. The summed E-state index contributed by atoms with van der Waals surface area (Å²) in [5.41, 5.74) is 5.97. The van der Waals surface area contributed by atoms with Crippen molar-refractivity contribution in [2.24, 2.45) is 7.05 Å². The van der Waals surface area contributed by atoms with Crippen LogP contribution in [-0.4, -0.2) is 37.8 Å². The molecule has 0 atom stereocenters. The topological polar surface area (TPSA) is 116 Å². The molecule has 1 aromatic heterocycles. The van der Waals surface area contributed by atoms with Gasteiger partial charge in [-0.3, -0.25) is 9.48 Å². The minimum atomic E-state index is -3.77. The highest BCUT2D eigenvalue weighted by Crippen LogP contribution is 2.20.